The van der Waals surface area contributed by atoms with Crippen molar-refractivity contribution < 1.29 is 73.8 Å². The number of phenolic OH excluding ortho intramolecular Hbond substituents is 2. The Morgan fingerprint density at radius 1 is 1.10 bits per heavy atom. The summed E-state index contributed by atoms with van der Waals surface area (Å²) in [5, 5.41) is 61.8. The lowest BCUT2D eigenvalue weighted by atomic mass is 9.72. The topological polar surface area (TPSA) is 265 Å². The fourth-order valence-corrected chi connectivity index (χ4v) is 6.32. The summed E-state index contributed by atoms with van der Waals surface area (Å²) in [5.74, 6) is -4.96. The Morgan fingerprint density at radius 2 is 1.81 bits per heavy atom. The maximum absolute atomic E-state index is 13.8. The highest BCUT2D eigenvalue weighted by molar-refractivity contribution is 6.31. The lowest BCUT2D eigenvalue weighted by molar-refractivity contribution is -0.492. The van der Waals surface area contributed by atoms with Gasteiger partial charge in [0.1, 0.15) is 22.8 Å². The van der Waals surface area contributed by atoms with Gasteiger partial charge in [-0.05, 0) is 19.4 Å². The molecule has 1 heterocycles. The number of nitrogens with zero attached hydrogens (tertiary/aromatic N) is 1. The fourth-order valence-electron chi connectivity index (χ4n) is 6.32. The van der Waals surface area contributed by atoms with E-state index in [4.69, 9.17) is 35.1 Å². The van der Waals surface area contributed by atoms with E-state index in [1.807, 2.05) is 0 Å². The predicted octanol–water partition coefficient (Wildman–Crippen LogP) is 0.344. The van der Waals surface area contributed by atoms with Crippen molar-refractivity contribution in [3.63, 3.8) is 0 Å². The van der Waals surface area contributed by atoms with E-state index in [2.05, 4.69) is 4.84 Å². The van der Waals surface area contributed by atoms with Gasteiger partial charge in [0.25, 0.3) is 0 Å². The number of rotatable bonds is 11. The minimum absolute atomic E-state index is 0.00510. The van der Waals surface area contributed by atoms with Crippen LogP contribution in [-0.4, -0.2) is 110 Å². The van der Waals surface area contributed by atoms with Crippen LogP contribution >= 0.6 is 0 Å². The number of benzene rings is 2. The summed E-state index contributed by atoms with van der Waals surface area (Å²) < 4.78 is 22.2. The second-order valence-corrected chi connectivity index (χ2v) is 11.9. The number of Topliss-reactive ketones (excluding diaryl/α,β-unsaturated/α-hetero) is 1. The number of carbonyl (C=O) groups is 4. The Hall–Kier alpha value is -4.04. The molecule has 0 bridgehead atoms. The number of aliphatic hydroxyl groups is 2. The first-order chi connectivity index (χ1) is 22.7. The molecule has 5 rings (SSSR count). The van der Waals surface area contributed by atoms with Crippen LogP contribution in [0, 0.1) is 0 Å². The monoisotopic (exact) mass is 676 g/mol. The number of ether oxygens (including phenoxy) is 4. The third-order valence-electron chi connectivity index (χ3n) is 8.76. The molecule has 2 aliphatic carbocycles. The molecule has 260 valence electrons. The number of ketones is 3. The molecule has 0 radical (unpaired) electrons. The molecule has 4 unspecified atom stereocenters. The van der Waals surface area contributed by atoms with Crippen LogP contribution in [-0.2, 0) is 35.1 Å². The van der Waals surface area contributed by atoms with Crippen molar-refractivity contribution in [2.24, 2.45) is 5.73 Å². The number of carbonyl (C=O) groups excluding carboxylic acids is 4. The van der Waals surface area contributed by atoms with Gasteiger partial charge in [-0.1, -0.05) is 12.1 Å². The summed E-state index contributed by atoms with van der Waals surface area (Å²) in [7, 11) is 1.30. The quantitative estimate of drug-likeness (QED) is 0.0625. The molecule has 0 saturated carbocycles. The van der Waals surface area contributed by atoms with Gasteiger partial charge in [0.2, 0.25) is 11.6 Å². The molecular weight excluding hydrogens is 640 g/mol. The Labute approximate surface area is 272 Å². The summed E-state index contributed by atoms with van der Waals surface area (Å²) in [5.41, 5.74) is 1.93. The number of esters is 1. The second-order valence-electron chi connectivity index (χ2n) is 11.9. The van der Waals surface area contributed by atoms with Crippen molar-refractivity contribution in [2.45, 2.75) is 75.3 Å². The molecule has 17 nitrogen and oxygen atoms in total. The standard InChI is InChI=1S/C31H36N2O15/c1-13-26(36)16(32)9-21(47-13)48-18-11-31(41,19(34)12-45-20(35)7-4-8-46-33(42)43)10-15-23(18)30(40)25-24(28(15)38)27(37)14-5-3-6-17(44-2)22(14)29(25)39/h3,5-6,13,16,18,21,26,36,38,40-43H,4,7-12,32H2,1-2H3/t13?,16?,18-,21?,26?,31-/m0/s1. The smallest absolute Gasteiger partial charge is 0.306 e. The molecule has 1 saturated heterocycles. The first kappa shape index (κ1) is 35.3. The van der Waals surface area contributed by atoms with E-state index < -0.39 is 107 Å². The average molecular weight is 677 g/mol. The van der Waals surface area contributed by atoms with E-state index in [1.54, 1.807) is 6.92 Å². The van der Waals surface area contributed by atoms with Gasteiger partial charge in [0.15, 0.2) is 18.7 Å². The third kappa shape index (κ3) is 6.51. The Morgan fingerprint density at radius 3 is 2.48 bits per heavy atom. The highest BCUT2D eigenvalue weighted by Gasteiger charge is 2.50. The zero-order valence-corrected chi connectivity index (χ0v) is 26.0. The molecule has 0 spiro atoms. The van der Waals surface area contributed by atoms with Crippen LogP contribution in [0.4, 0.5) is 0 Å². The third-order valence-corrected chi connectivity index (χ3v) is 8.76. The van der Waals surface area contributed by atoms with Gasteiger partial charge in [0.05, 0.1) is 54.1 Å². The number of nitrogens with two attached hydrogens (primary N) is 1. The van der Waals surface area contributed by atoms with Gasteiger partial charge in [0, 0.05) is 48.4 Å². The van der Waals surface area contributed by atoms with E-state index in [0.717, 1.165) is 0 Å². The second kappa shape index (κ2) is 13.8. The summed E-state index contributed by atoms with van der Waals surface area (Å²) in [6.07, 6.45) is -5.99. The van der Waals surface area contributed by atoms with E-state index in [0.29, 0.717) is 0 Å². The molecule has 3 aliphatic rings. The van der Waals surface area contributed by atoms with Crippen LogP contribution in [0.5, 0.6) is 17.2 Å². The van der Waals surface area contributed by atoms with Gasteiger partial charge in [-0.15, -0.1) is 0 Å². The van der Waals surface area contributed by atoms with Crippen molar-refractivity contribution in [3.05, 3.63) is 51.6 Å². The summed E-state index contributed by atoms with van der Waals surface area (Å²) >= 11 is 0. The molecule has 1 fully saturated rings. The maximum Gasteiger partial charge on any atom is 0.306 e. The summed E-state index contributed by atoms with van der Waals surface area (Å²) in [6, 6.07) is 3.49. The van der Waals surface area contributed by atoms with Crippen LogP contribution in [0.15, 0.2) is 18.2 Å². The molecule has 2 aromatic rings. The maximum atomic E-state index is 13.8. The highest BCUT2D eigenvalue weighted by Crippen LogP contribution is 2.52. The van der Waals surface area contributed by atoms with E-state index in [9.17, 15) is 39.6 Å². The molecule has 17 heteroatoms. The molecule has 0 aromatic heterocycles. The molecule has 48 heavy (non-hydrogen) atoms. The minimum Gasteiger partial charge on any atom is -0.507 e. The number of hydrogen-bond donors (Lipinski definition) is 7. The Balaban J connectivity index is 1.52. The summed E-state index contributed by atoms with van der Waals surface area (Å²) in [6.45, 7) is 0.373. The van der Waals surface area contributed by atoms with Crippen LogP contribution in [0.2, 0.25) is 0 Å². The van der Waals surface area contributed by atoms with E-state index in [1.165, 1.54) is 25.3 Å². The lowest BCUT2D eigenvalue weighted by Crippen LogP contribution is -2.53. The Kier molecular flexibility index (Phi) is 10.2. The lowest BCUT2D eigenvalue weighted by Gasteiger charge is -2.42. The van der Waals surface area contributed by atoms with Crippen LogP contribution in [0.3, 0.4) is 0 Å². The Bertz CT molecular complexity index is 1620. The molecular formula is C31H36N2O15. The number of aliphatic hydroxyl groups excluding tert-OH is 1. The van der Waals surface area contributed by atoms with E-state index in [-0.39, 0.29) is 53.9 Å². The highest BCUT2D eigenvalue weighted by atomic mass is 17.1. The predicted molar refractivity (Wildman–Crippen MR) is 156 cm³/mol. The van der Waals surface area contributed by atoms with Gasteiger partial charge < -0.3 is 45.1 Å². The van der Waals surface area contributed by atoms with Crippen LogP contribution in [0.25, 0.3) is 0 Å². The first-order valence-electron chi connectivity index (χ1n) is 15.0. The van der Waals surface area contributed by atoms with Crippen molar-refractivity contribution in [2.75, 3.05) is 20.3 Å². The van der Waals surface area contributed by atoms with Crippen LogP contribution in [0.1, 0.15) is 81.7 Å². The first-order valence-corrected chi connectivity index (χ1v) is 15.0. The van der Waals surface area contributed by atoms with Crippen molar-refractivity contribution >= 4 is 23.3 Å². The van der Waals surface area contributed by atoms with Gasteiger partial charge in [-0.3, -0.25) is 34.4 Å². The number of fused-ring (bicyclic) bond motifs is 3. The van der Waals surface area contributed by atoms with Gasteiger partial charge >= 0.3 is 5.97 Å². The van der Waals surface area contributed by atoms with E-state index >= 15 is 0 Å². The zero-order valence-electron chi connectivity index (χ0n) is 26.0. The van der Waals surface area contributed by atoms with Crippen molar-refractivity contribution in [3.8, 4) is 17.2 Å². The molecule has 8 N–H and O–H groups in total. The van der Waals surface area contributed by atoms with Crippen molar-refractivity contribution in [1.82, 2.24) is 5.39 Å². The molecule has 2 aromatic carbocycles. The SMILES string of the molecule is COc1cccc2c1C(=O)c1c(O)c3c(c(O)c1C2=O)C[C@@](O)(C(=O)COC(=O)CCCON(O)O)C[C@@H]3OC1CC(N)C(O)C(C)O1. The van der Waals surface area contributed by atoms with Gasteiger partial charge in [-0.2, -0.15) is 0 Å². The van der Waals surface area contributed by atoms with Gasteiger partial charge in [-0.25, -0.2) is 0 Å². The number of hydrogen-bond acceptors (Lipinski definition) is 17. The van der Waals surface area contributed by atoms with Crippen LogP contribution < -0.4 is 10.5 Å². The normalized spacial score (nSPS) is 26.5. The number of aromatic hydroxyl groups is 2. The fraction of sp³-hybridized carbons (Fsp3) is 0.484. The largest absolute Gasteiger partial charge is 0.507 e. The number of methoxy groups -OCH3 is 1. The van der Waals surface area contributed by atoms with Crippen molar-refractivity contribution in [1.29, 1.82) is 0 Å². The molecule has 0 amide bonds. The summed E-state index contributed by atoms with van der Waals surface area (Å²) in [4.78, 5) is 57.5. The molecule has 1 aliphatic heterocycles. The minimum atomic E-state index is -2.39. The zero-order chi connectivity index (χ0) is 35.1. The average Bonchev–Trinajstić information content (AvgIpc) is 3.04. The molecule has 6 atom stereocenters. The number of phenols is 2.